The summed E-state index contributed by atoms with van der Waals surface area (Å²) in [6.07, 6.45) is 3.23. The molecule has 2 aromatic rings. The molecule has 7 nitrogen and oxygen atoms in total. The van der Waals surface area contributed by atoms with Gasteiger partial charge in [0.15, 0.2) is 5.96 Å². The molecular formula is C21H23Cl2N5O2. The summed E-state index contributed by atoms with van der Waals surface area (Å²) in [4.78, 5) is 18.8. The van der Waals surface area contributed by atoms with Crippen molar-refractivity contribution in [2.45, 2.75) is 37.8 Å². The smallest absolute Gasteiger partial charge is 0.232 e. The highest BCUT2D eigenvalue weighted by molar-refractivity contribution is 6.34. The number of rotatable bonds is 4. The predicted molar refractivity (Wildman–Crippen MR) is 118 cm³/mol. The van der Waals surface area contributed by atoms with Crippen LogP contribution in [0.5, 0.6) is 0 Å². The SMILES string of the molecule is C[C@@]1(c2cccc(Nc3ccc(Cl)cn3)c2Cl)CC(=O)N(C2CCOCC2)C(=N)N1. The molecule has 30 heavy (non-hydrogen) atoms. The van der Waals surface area contributed by atoms with Crippen LogP contribution in [0.1, 0.15) is 31.7 Å². The number of pyridine rings is 1. The molecule has 158 valence electrons. The van der Waals surface area contributed by atoms with E-state index in [1.54, 1.807) is 23.2 Å². The second-order valence-electron chi connectivity index (χ2n) is 7.74. The number of nitrogens with zero attached hydrogens (tertiary/aromatic N) is 2. The molecule has 0 spiro atoms. The highest BCUT2D eigenvalue weighted by Gasteiger charge is 2.43. The van der Waals surface area contributed by atoms with Gasteiger partial charge in [-0.05, 0) is 43.5 Å². The second kappa shape index (κ2) is 8.41. The van der Waals surface area contributed by atoms with Crippen LogP contribution < -0.4 is 10.6 Å². The number of nitrogens with one attached hydrogen (secondary N) is 3. The fraction of sp³-hybridized carbons (Fsp3) is 0.381. The molecule has 0 radical (unpaired) electrons. The average molecular weight is 448 g/mol. The van der Waals surface area contributed by atoms with E-state index >= 15 is 0 Å². The molecule has 2 aliphatic rings. The summed E-state index contributed by atoms with van der Waals surface area (Å²) in [7, 11) is 0. The summed E-state index contributed by atoms with van der Waals surface area (Å²) < 4.78 is 5.39. The van der Waals surface area contributed by atoms with E-state index in [2.05, 4.69) is 15.6 Å². The van der Waals surface area contributed by atoms with Crippen molar-refractivity contribution in [1.82, 2.24) is 15.2 Å². The second-order valence-corrected chi connectivity index (χ2v) is 8.56. The number of carbonyl (C=O) groups excluding carboxylic acids is 1. The Hall–Kier alpha value is -2.35. The summed E-state index contributed by atoms with van der Waals surface area (Å²) in [5.74, 6) is 0.631. The molecular weight excluding hydrogens is 425 g/mol. The van der Waals surface area contributed by atoms with Gasteiger partial charge in [-0.3, -0.25) is 15.1 Å². The zero-order valence-corrected chi connectivity index (χ0v) is 18.1. The largest absolute Gasteiger partial charge is 0.381 e. The first-order valence-corrected chi connectivity index (χ1v) is 10.6. The predicted octanol–water partition coefficient (Wildman–Crippen LogP) is 4.28. The number of ether oxygens (including phenoxy) is 1. The Labute approximate surface area is 185 Å². The third kappa shape index (κ3) is 4.10. The highest BCUT2D eigenvalue weighted by Crippen LogP contribution is 2.39. The van der Waals surface area contributed by atoms with Crippen molar-refractivity contribution in [2.75, 3.05) is 18.5 Å². The summed E-state index contributed by atoms with van der Waals surface area (Å²) >= 11 is 12.6. The topological polar surface area (TPSA) is 90.3 Å². The lowest BCUT2D eigenvalue weighted by Gasteiger charge is -2.45. The number of guanidine groups is 1. The van der Waals surface area contributed by atoms with E-state index in [0.29, 0.717) is 34.8 Å². The van der Waals surface area contributed by atoms with E-state index in [0.717, 1.165) is 18.4 Å². The van der Waals surface area contributed by atoms with Crippen LogP contribution in [0.2, 0.25) is 10.0 Å². The molecule has 3 heterocycles. The minimum Gasteiger partial charge on any atom is -0.381 e. The Morgan fingerprint density at radius 1 is 1.27 bits per heavy atom. The van der Waals surface area contributed by atoms with Crippen molar-refractivity contribution in [1.29, 1.82) is 5.41 Å². The normalized spacial score (nSPS) is 22.7. The first-order valence-electron chi connectivity index (χ1n) is 9.81. The minimum absolute atomic E-state index is 0.00440. The van der Waals surface area contributed by atoms with Crippen molar-refractivity contribution >= 4 is 46.6 Å². The lowest BCUT2D eigenvalue weighted by Crippen LogP contribution is -2.62. The van der Waals surface area contributed by atoms with Crippen molar-refractivity contribution in [3.05, 3.63) is 52.1 Å². The van der Waals surface area contributed by atoms with Crippen LogP contribution >= 0.6 is 23.2 Å². The van der Waals surface area contributed by atoms with Gasteiger partial charge >= 0.3 is 0 Å². The van der Waals surface area contributed by atoms with Gasteiger partial charge in [0.2, 0.25) is 5.91 Å². The molecule has 0 saturated carbocycles. The van der Waals surface area contributed by atoms with Crippen LogP contribution in [-0.2, 0) is 15.1 Å². The Kier molecular flexibility index (Phi) is 5.86. The summed E-state index contributed by atoms with van der Waals surface area (Å²) in [6, 6.07) is 9.08. The standard InChI is InChI=1S/C21H23Cl2N5O2/c1-21(11-18(29)28(20(24)27-21)14-7-9-30-10-8-14)15-3-2-4-16(19(15)23)26-17-6-5-13(22)12-25-17/h2-6,12,14H,7-11H2,1H3,(H2,24,27)(H,25,26)/t21-/m0/s1. The van der Waals surface area contributed by atoms with E-state index in [9.17, 15) is 4.79 Å². The van der Waals surface area contributed by atoms with Crippen LogP contribution in [0.25, 0.3) is 0 Å². The average Bonchev–Trinajstić information content (AvgIpc) is 2.71. The van der Waals surface area contributed by atoms with E-state index in [1.807, 2.05) is 25.1 Å². The van der Waals surface area contributed by atoms with Gasteiger partial charge in [-0.1, -0.05) is 35.3 Å². The quantitative estimate of drug-likeness (QED) is 0.650. The third-order valence-corrected chi connectivity index (χ3v) is 6.18. The summed E-state index contributed by atoms with van der Waals surface area (Å²) in [5.41, 5.74) is 0.614. The molecule has 0 unspecified atom stereocenters. The van der Waals surface area contributed by atoms with Crippen LogP contribution in [0.15, 0.2) is 36.5 Å². The highest BCUT2D eigenvalue weighted by atomic mass is 35.5. The van der Waals surface area contributed by atoms with Crippen molar-refractivity contribution in [3.8, 4) is 0 Å². The van der Waals surface area contributed by atoms with Crippen LogP contribution in [-0.4, -0.2) is 41.0 Å². The van der Waals surface area contributed by atoms with Crippen LogP contribution in [0.3, 0.4) is 0 Å². The molecule has 4 rings (SSSR count). The maximum Gasteiger partial charge on any atom is 0.232 e. The van der Waals surface area contributed by atoms with Gasteiger partial charge in [0.25, 0.3) is 0 Å². The molecule has 1 atom stereocenters. The number of hydrogen-bond donors (Lipinski definition) is 3. The molecule has 1 aromatic heterocycles. The Balaban J connectivity index is 1.58. The lowest BCUT2D eigenvalue weighted by atomic mass is 9.85. The van der Waals surface area contributed by atoms with Gasteiger partial charge in [0.05, 0.1) is 27.7 Å². The van der Waals surface area contributed by atoms with Crippen LogP contribution in [0, 0.1) is 5.41 Å². The van der Waals surface area contributed by atoms with Crippen molar-refractivity contribution in [2.24, 2.45) is 0 Å². The fourth-order valence-corrected chi connectivity index (χ4v) is 4.51. The number of aromatic nitrogens is 1. The molecule has 1 amide bonds. The third-order valence-electron chi connectivity index (χ3n) is 5.55. The molecule has 9 heteroatoms. The van der Waals surface area contributed by atoms with E-state index < -0.39 is 5.54 Å². The zero-order valence-electron chi connectivity index (χ0n) is 16.5. The lowest BCUT2D eigenvalue weighted by molar-refractivity contribution is -0.133. The fourth-order valence-electron chi connectivity index (χ4n) is 4.01. The van der Waals surface area contributed by atoms with Crippen molar-refractivity contribution < 1.29 is 9.53 Å². The van der Waals surface area contributed by atoms with Gasteiger partial charge < -0.3 is 15.4 Å². The van der Waals surface area contributed by atoms with Crippen molar-refractivity contribution in [3.63, 3.8) is 0 Å². The van der Waals surface area contributed by atoms with E-state index in [-0.39, 0.29) is 24.3 Å². The first-order chi connectivity index (χ1) is 14.4. The van der Waals surface area contributed by atoms with Crippen LogP contribution in [0.4, 0.5) is 11.5 Å². The zero-order chi connectivity index (χ0) is 21.3. The molecule has 0 aliphatic carbocycles. The maximum atomic E-state index is 13.0. The van der Waals surface area contributed by atoms with Gasteiger partial charge in [-0.25, -0.2) is 4.98 Å². The molecule has 2 aliphatic heterocycles. The Morgan fingerprint density at radius 2 is 2.03 bits per heavy atom. The van der Waals surface area contributed by atoms with E-state index in [4.69, 9.17) is 33.3 Å². The number of anilines is 2. The Morgan fingerprint density at radius 3 is 2.70 bits per heavy atom. The Bertz CT molecular complexity index is 942. The van der Waals surface area contributed by atoms with E-state index in [1.165, 1.54) is 0 Å². The molecule has 3 N–H and O–H groups in total. The first kappa shape index (κ1) is 20.9. The van der Waals surface area contributed by atoms with Gasteiger partial charge in [0, 0.05) is 25.5 Å². The number of halogens is 2. The number of carbonyl (C=O) groups is 1. The minimum atomic E-state index is -0.794. The number of hydrogen-bond acceptors (Lipinski definition) is 5. The molecule has 0 bridgehead atoms. The monoisotopic (exact) mass is 447 g/mol. The van der Waals surface area contributed by atoms with Gasteiger partial charge in [-0.15, -0.1) is 0 Å². The number of benzene rings is 1. The molecule has 1 aromatic carbocycles. The van der Waals surface area contributed by atoms with Gasteiger partial charge in [0.1, 0.15) is 5.82 Å². The van der Waals surface area contributed by atoms with Gasteiger partial charge in [-0.2, -0.15) is 0 Å². The molecule has 2 fully saturated rings. The molecule has 2 saturated heterocycles. The summed E-state index contributed by atoms with van der Waals surface area (Å²) in [6.45, 7) is 3.11. The maximum absolute atomic E-state index is 13.0. The summed E-state index contributed by atoms with van der Waals surface area (Å²) in [5, 5.41) is 16.0. The number of amides is 1.